The molecule has 1 saturated heterocycles. The summed E-state index contributed by atoms with van der Waals surface area (Å²) in [7, 11) is -1.22. The van der Waals surface area contributed by atoms with E-state index in [1.807, 2.05) is 0 Å². The molecule has 0 aromatic carbocycles. The summed E-state index contributed by atoms with van der Waals surface area (Å²) < 4.78 is 24.3. The highest BCUT2D eigenvalue weighted by Gasteiger charge is 2.23. The second kappa shape index (κ2) is 4.10. The molecule has 2 atom stereocenters. The van der Waals surface area contributed by atoms with Crippen molar-refractivity contribution in [2.45, 2.75) is 16.8 Å². The van der Waals surface area contributed by atoms with Gasteiger partial charge in [0.2, 0.25) is 5.16 Å². The van der Waals surface area contributed by atoms with Crippen molar-refractivity contribution in [3.05, 3.63) is 18.2 Å². The summed E-state index contributed by atoms with van der Waals surface area (Å²) in [5, 5.41) is 3.39. The van der Waals surface area contributed by atoms with Crippen LogP contribution in [0.3, 0.4) is 0 Å². The fourth-order valence-corrected chi connectivity index (χ4v) is 2.58. The van der Waals surface area contributed by atoms with Crippen LogP contribution in [-0.2, 0) is 10.8 Å². The molecular weight excluding hydrogens is 205 g/mol. The summed E-state index contributed by atoms with van der Waals surface area (Å²) in [4.78, 5) is 7.42. The molecule has 0 amide bonds. The standard InChI is InChI=1S/C8H10FN3OS/c9-6-3-11-8(12-4-6)14(13)7-1-2-10-5-7/h3-4,7,10H,1-2,5H2/t7-,14+/m1/s1. The van der Waals surface area contributed by atoms with Gasteiger partial charge in [0.25, 0.3) is 0 Å². The van der Waals surface area contributed by atoms with Crippen LogP contribution in [0.2, 0.25) is 0 Å². The minimum atomic E-state index is -1.22. The smallest absolute Gasteiger partial charge is 0.218 e. The van der Waals surface area contributed by atoms with E-state index >= 15 is 0 Å². The van der Waals surface area contributed by atoms with Gasteiger partial charge >= 0.3 is 0 Å². The van der Waals surface area contributed by atoms with Crippen LogP contribution in [-0.4, -0.2) is 32.5 Å². The van der Waals surface area contributed by atoms with Crippen molar-refractivity contribution in [3.8, 4) is 0 Å². The fourth-order valence-electron chi connectivity index (χ4n) is 1.36. The number of nitrogens with one attached hydrogen (secondary N) is 1. The van der Waals surface area contributed by atoms with Crippen LogP contribution in [0.5, 0.6) is 0 Å². The molecule has 1 aromatic rings. The van der Waals surface area contributed by atoms with Gasteiger partial charge in [-0.15, -0.1) is 0 Å². The molecule has 2 heterocycles. The predicted molar refractivity (Wildman–Crippen MR) is 49.7 cm³/mol. The van der Waals surface area contributed by atoms with Crippen LogP contribution in [0.25, 0.3) is 0 Å². The quantitative estimate of drug-likeness (QED) is 0.710. The molecule has 0 aliphatic carbocycles. The van der Waals surface area contributed by atoms with E-state index in [2.05, 4.69) is 15.3 Å². The Morgan fingerprint density at radius 2 is 2.21 bits per heavy atom. The van der Waals surface area contributed by atoms with E-state index in [9.17, 15) is 8.60 Å². The molecular formula is C8H10FN3OS. The van der Waals surface area contributed by atoms with Gasteiger partial charge < -0.3 is 5.32 Å². The lowest BCUT2D eigenvalue weighted by atomic mass is 10.4. The van der Waals surface area contributed by atoms with E-state index in [1.54, 1.807) is 0 Å². The van der Waals surface area contributed by atoms with Gasteiger partial charge in [0, 0.05) is 6.54 Å². The van der Waals surface area contributed by atoms with Crippen molar-refractivity contribution in [2.24, 2.45) is 0 Å². The van der Waals surface area contributed by atoms with Gasteiger partial charge in [-0.25, -0.2) is 14.4 Å². The Kier molecular flexibility index (Phi) is 2.83. The molecule has 6 heteroatoms. The molecule has 0 bridgehead atoms. The molecule has 1 fully saturated rings. The van der Waals surface area contributed by atoms with E-state index < -0.39 is 16.6 Å². The molecule has 76 valence electrons. The van der Waals surface area contributed by atoms with Crippen LogP contribution in [0.4, 0.5) is 4.39 Å². The molecule has 0 spiro atoms. The lowest BCUT2D eigenvalue weighted by molar-refractivity contribution is 0.601. The molecule has 1 N–H and O–H groups in total. The van der Waals surface area contributed by atoms with Gasteiger partial charge in [0.15, 0.2) is 5.82 Å². The lowest BCUT2D eigenvalue weighted by Crippen LogP contribution is -2.20. The summed E-state index contributed by atoms with van der Waals surface area (Å²) in [6.07, 6.45) is 2.94. The molecule has 1 aromatic heterocycles. The number of halogens is 1. The van der Waals surface area contributed by atoms with Crippen molar-refractivity contribution >= 4 is 10.8 Å². The predicted octanol–water partition coefficient (Wildman–Crippen LogP) is 0.0852. The van der Waals surface area contributed by atoms with Crippen LogP contribution in [0.15, 0.2) is 17.6 Å². The third kappa shape index (κ3) is 1.96. The van der Waals surface area contributed by atoms with E-state index in [0.717, 1.165) is 25.4 Å². The molecule has 2 rings (SSSR count). The topological polar surface area (TPSA) is 54.9 Å². The number of aromatic nitrogens is 2. The normalized spacial score (nSPS) is 23.6. The zero-order valence-electron chi connectivity index (χ0n) is 7.44. The molecule has 0 unspecified atom stereocenters. The van der Waals surface area contributed by atoms with Crippen molar-refractivity contribution in [2.75, 3.05) is 13.1 Å². The Bertz CT molecular complexity index is 337. The fraction of sp³-hybridized carbons (Fsp3) is 0.500. The highest BCUT2D eigenvalue weighted by Crippen LogP contribution is 2.11. The zero-order chi connectivity index (χ0) is 9.97. The summed E-state index contributed by atoms with van der Waals surface area (Å²) in [5.41, 5.74) is 0. The minimum absolute atomic E-state index is 0.0560. The number of hydrogen-bond donors (Lipinski definition) is 1. The highest BCUT2D eigenvalue weighted by atomic mass is 32.2. The summed E-state index contributed by atoms with van der Waals surface area (Å²) in [5.74, 6) is -0.504. The van der Waals surface area contributed by atoms with Gasteiger partial charge in [-0.3, -0.25) is 4.21 Å². The number of rotatable bonds is 2. The summed E-state index contributed by atoms with van der Waals surface area (Å²) in [6, 6.07) is 0. The third-order valence-corrected chi connectivity index (χ3v) is 3.67. The Morgan fingerprint density at radius 3 is 2.79 bits per heavy atom. The third-order valence-electron chi connectivity index (χ3n) is 2.09. The van der Waals surface area contributed by atoms with E-state index in [-0.39, 0.29) is 10.4 Å². The van der Waals surface area contributed by atoms with Gasteiger partial charge in [0.1, 0.15) is 0 Å². The molecule has 14 heavy (non-hydrogen) atoms. The first-order valence-corrected chi connectivity index (χ1v) is 5.57. The minimum Gasteiger partial charge on any atom is -0.315 e. The maximum atomic E-state index is 12.5. The van der Waals surface area contributed by atoms with Gasteiger partial charge in [-0.1, -0.05) is 0 Å². The van der Waals surface area contributed by atoms with E-state index in [0.29, 0.717) is 6.54 Å². The maximum Gasteiger partial charge on any atom is 0.218 e. The van der Waals surface area contributed by atoms with Crippen molar-refractivity contribution in [1.82, 2.24) is 15.3 Å². The van der Waals surface area contributed by atoms with Crippen LogP contribution in [0, 0.1) is 5.82 Å². The first kappa shape index (κ1) is 9.67. The van der Waals surface area contributed by atoms with E-state index in [1.165, 1.54) is 0 Å². The monoisotopic (exact) mass is 215 g/mol. The molecule has 0 saturated carbocycles. The second-order valence-corrected chi connectivity index (χ2v) is 4.72. The van der Waals surface area contributed by atoms with E-state index in [4.69, 9.17) is 0 Å². The van der Waals surface area contributed by atoms with Gasteiger partial charge in [-0.05, 0) is 13.0 Å². The summed E-state index contributed by atoms with van der Waals surface area (Å²) >= 11 is 0. The Hall–Kier alpha value is -0.880. The zero-order valence-corrected chi connectivity index (χ0v) is 8.26. The molecule has 0 radical (unpaired) electrons. The molecule has 1 aliphatic rings. The summed E-state index contributed by atoms with van der Waals surface area (Å²) in [6.45, 7) is 1.59. The van der Waals surface area contributed by atoms with Crippen LogP contribution in [0.1, 0.15) is 6.42 Å². The first-order valence-electron chi connectivity index (χ1n) is 4.36. The Morgan fingerprint density at radius 1 is 1.50 bits per heavy atom. The number of nitrogens with zero attached hydrogens (tertiary/aromatic N) is 2. The average Bonchev–Trinajstić information content (AvgIpc) is 2.71. The SMILES string of the molecule is O=[S@](c1ncc(F)cn1)[C@@H]1CCNC1. The lowest BCUT2D eigenvalue weighted by Gasteiger charge is -2.05. The van der Waals surface area contributed by atoms with Crippen LogP contribution < -0.4 is 5.32 Å². The average molecular weight is 215 g/mol. The largest absolute Gasteiger partial charge is 0.315 e. The highest BCUT2D eigenvalue weighted by molar-refractivity contribution is 7.85. The van der Waals surface area contributed by atoms with Gasteiger partial charge in [0.05, 0.1) is 28.4 Å². The first-order chi connectivity index (χ1) is 6.77. The number of hydrogen-bond acceptors (Lipinski definition) is 4. The van der Waals surface area contributed by atoms with Gasteiger partial charge in [-0.2, -0.15) is 0 Å². The second-order valence-electron chi connectivity index (χ2n) is 3.10. The van der Waals surface area contributed by atoms with Crippen molar-refractivity contribution in [1.29, 1.82) is 0 Å². The molecule has 1 aliphatic heterocycles. The van der Waals surface area contributed by atoms with Crippen molar-refractivity contribution in [3.63, 3.8) is 0 Å². The Labute approximate surface area is 83.4 Å². The Balaban J connectivity index is 2.14. The maximum absolute atomic E-state index is 12.5. The van der Waals surface area contributed by atoms with Crippen LogP contribution >= 0.6 is 0 Å². The van der Waals surface area contributed by atoms with Crippen molar-refractivity contribution < 1.29 is 8.60 Å². The molecule has 4 nitrogen and oxygen atoms in total.